The molecule has 1 heterocycles. The van der Waals surface area contributed by atoms with Crippen molar-refractivity contribution in [3.63, 3.8) is 0 Å². The largest absolute Gasteiger partial charge is 0.316 e. The van der Waals surface area contributed by atoms with E-state index in [4.69, 9.17) is 0 Å². The van der Waals surface area contributed by atoms with Gasteiger partial charge >= 0.3 is 0 Å². The van der Waals surface area contributed by atoms with Crippen molar-refractivity contribution in [3.05, 3.63) is 0 Å². The van der Waals surface area contributed by atoms with E-state index in [1.807, 2.05) is 6.92 Å². The van der Waals surface area contributed by atoms with Gasteiger partial charge < -0.3 is 5.32 Å². The van der Waals surface area contributed by atoms with Crippen LogP contribution in [-0.2, 0) is 0 Å². The molecule has 2 rings (SSSR count). The smallest absolute Gasteiger partial charge is 0.115 e. The molecule has 1 nitrogen and oxygen atoms in total. The molecule has 1 aliphatic heterocycles. The highest BCUT2D eigenvalue weighted by molar-refractivity contribution is 4.93. The standard InChI is InChI=1S/C12H22FN/c1-12(13,10-5-2-3-6-10)11-7-4-8-14-9-11/h10-11,14H,2-9H2,1H3. The van der Waals surface area contributed by atoms with Crippen LogP contribution in [0.15, 0.2) is 0 Å². The van der Waals surface area contributed by atoms with Gasteiger partial charge in [-0.25, -0.2) is 4.39 Å². The molecule has 0 aromatic rings. The molecule has 0 amide bonds. The zero-order valence-corrected chi connectivity index (χ0v) is 9.19. The molecule has 2 aliphatic rings. The Morgan fingerprint density at radius 1 is 1.07 bits per heavy atom. The Hall–Kier alpha value is -0.110. The predicted octanol–water partition coefficient (Wildman–Crippen LogP) is 2.90. The zero-order chi connectivity index (χ0) is 10.0. The minimum atomic E-state index is -0.913. The van der Waals surface area contributed by atoms with Gasteiger partial charge in [0.05, 0.1) is 0 Å². The molecule has 1 saturated heterocycles. The Kier molecular flexibility index (Phi) is 3.10. The van der Waals surface area contributed by atoms with E-state index in [9.17, 15) is 4.39 Å². The molecule has 0 bridgehead atoms. The summed E-state index contributed by atoms with van der Waals surface area (Å²) in [6.45, 7) is 3.82. The Balaban J connectivity index is 1.97. The number of nitrogens with one attached hydrogen (secondary N) is 1. The fourth-order valence-electron chi connectivity index (χ4n) is 3.16. The highest BCUT2D eigenvalue weighted by Crippen LogP contribution is 2.42. The second kappa shape index (κ2) is 4.18. The van der Waals surface area contributed by atoms with Crippen molar-refractivity contribution in [2.75, 3.05) is 13.1 Å². The van der Waals surface area contributed by atoms with E-state index in [0.717, 1.165) is 38.8 Å². The van der Waals surface area contributed by atoms with Crippen LogP contribution in [0.5, 0.6) is 0 Å². The second-order valence-electron chi connectivity index (χ2n) is 5.18. The molecule has 2 atom stereocenters. The SMILES string of the molecule is CC(F)(C1CCCC1)C1CCCNC1. The van der Waals surface area contributed by atoms with E-state index in [1.165, 1.54) is 12.8 Å². The van der Waals surface area contributed by atoms with Crippen molar-refractivity contribution in [1.82, 2.24) is 5.32 Å². The van der Waals surface area contributed by atoms with E-state index in [-0.39, 0.29) is 5.92 Å². The number of piperidine rings is 1. The fraction of sp³-hybridized carbons (Fsp3) is 1.00. The molecule has 1 aliphatic carbocycles. The monoisotopic (exact) mass is 199 g/mol. The van der Waals surface area contributed by atoms with Crippen LogP contribution in [0, 0.1) is 11.8 Å². The summed E-state index contributed by atoms with van der Waals surface area (Å²) in [4.78, 5) is 0. The lowest BCUT2D eigenvalue weighted by Crippen LogP contribution is -2.45. The first-order valence-corrected chi connectivity index (χ1v) is 6.11. The average molecular weight is 199 g/mol. The van der Waals surface area contributed by atoms with Crippen LogP contribution in [0.4, 0.5) is 4.39 Å². The molecule has 14 heavy (non-hydrogen) atoms. The van der Waals surface area contributed by atoms with Gasteiger partial charge in [0.1, 0.15) is 5.67 Å². The first-order chi connectivity index (χ1) is 6.71. The quantitative estimate of drug-likeness (QED) is 0.721. The lowest BCUT2D eigenvalue weighted by molar-refractivity contribution is 0.0236. The van der Waals surface area contributed by atoms with Crippen molar-refractivity contribution >= 4 is 0 Å². The topological polar surface area (TPSA) is 12.0 Å². The highest BCUT2D eigenvalue weighted by Gasteiger charge is 2.42. The van der Waals surface area contributed by atoms with E-state index in [0.29, 0.717) is 5.92 Å². The molecule has 0 aromatic carbocycles. The van der Waals surface area contributed by atoms with Crippen LogP contribution in [-0.4, -0.2) is 18.8 Å². The Labute approximate surface area is 86.5 Å². The summed E-state index contributed by atoms with van der Waals surface area (Å²) >= 11 is 0. The summed E-state index contributed by atoms with van der Waals surface area (Å²) in [5.41, 5.74) is -0.913. The maximum atomic E-state index is 14.6. The van der Waals surface area contributed by atoms with Crippen molar-refractivity contribution in [1.29, 1.82) is 0 Å². The summed E-state index contributed by atoms with van der Waals surface area (Å²) in [5.74, 6) is 0.603. The average Bonchev–Trinajstić information content (AvgIpc) is 2.72. The summed E-state index contributed by atoms with van der Waals surface area (Å²) < 4.78 is 14.6. The van der Waals surface area contributed by atoms with Gasteiger partial charge in [0.2, 0.25) is 0 Å². The minimum absolute atomic E-state index is 0.263. The number of halogens is 1. The van der Waals surface area contributed by atoms with E-state index in [1.54, 1.807) is 0 Å². The van der Waals surface area contributed by atoms with Crippen molar-refractivity contribution in [2.24, 2.45) is 11.8 Å². The van der Waals surface area contributed by atoms with E-state index >= 15 is 0 Å². The lowest BCUT2D eigenvalue weighted by atomic mass is 9.76. The molecule has 1 saturated carbocycles. The number of alkyl halides is 1. The predicted molar refractivity (Wildman–Crippen MR) is 57.1 cm³/mol. The summed E-state index contributed by atoms with van der Waals surface area (Å²) in [6.07, 6.45) is 6.94. The molecule has 2 unspecified atom stereocenters. The second-order valence-corrected chi connectivity index (χ2v) is 5.18. The third-order valence-corrected chi connectivity index (χ3v) is 4.25. The summed E-state index contributed by atoms with van der Waals surface area (Å²) in [7, 11) is 0. The molecular weight excluding hydrogens is 177 g/mol. The van der Waals surface area contributed by atoms with Crippen LogP contribution in [0.2, 0.25) is 0 Å². The van der Waals surface area contributed by atoms with Crippen LogP contribution < -0.4 is 5.32 Å². The third kappa shape index (κ3) is 1.95. The van der Waals surface area contributed by atoms with Gasteiger partial charge in [0.15, 0.2) is 0 Å². The fourth-order valence-corrected chi connectivity index (χ4v) is 3.16. The van der Waals surface area contributed by atoms with E-state index < -0.39 is 5.67 Å². The molecule has 2 fully saturated rings. The van der Waals surface area contributed by atoms with Gasteiger partial charge in [0, 0.05) is 12.5 Å². The summed E-state index contributed by atoms with van der Waals surface area (Å²) in [6, 6.07) is 0. The highest BCUT2D eigenvalue weighted by atomic mass is 19.1. The van der Waals surface area contributed by atoms with Crippen LogP contribution in [0.3, 0.4) is 0 Å². The first-order valence-electron chi connectivity index (χ1n) is 6.11. The van der Waals surface area contributed by atoms with Gasteiger partial charge in [-0.05, 0) is 45.1 Å². The third-order valence-electron chi connectivity index (χ3n) is 4.25. The van der Waals surface area contributed by atoms with Crippen LogP contribution in [0.1, 0.15) is 45.4 Å². The lowest BCUT2D eigenvalue weighted by Gasteiger charge is -2.38. The molecular formula is C12H22FN. The zero-order valence-electron chi connectivity index (χ0n) is 9.19. The van der Waals surface area contributed by atoms with Crippen molar-refractivity contribution < 1.29 is 4.39 Å². The Morgan fingerprint density at radius 3 is 2.29 bits per heavy atom. The van der Waals surface area contributed by atoms with Crippen molar-refractivity contribution in [3.8, 4) is 0 Å². The molecule has 82 valence electrons. The molecule has 2 heteroatoms. The van der Waals surface area contributed by atoms with Crippen molar-refractivity contribution in [2.45, 2.75) is 51.1 Å². The molecule has 0 aromatic heterocycles. The normalized spacial score (nSPS) is 34.3. The van der Waals surface area contributed by atoms with Crippen LogP contribution >= 0.6 is 0 Å². The minimum Gasteiger partial charge on any atom is -0.316 e. The number of hydrogen-bond acceptors (Lipinski definition) is 1. The van der Waals surface area contributed by atoms with Gasteiger partial charge in [-0.1, -0.05) is 12.8 Å². The maximum Gasteiger partial charge on any atom is 0.115 e. The molecule has 1 N–H and O–H groups in total. The van der Waals surface area contributed by atoms with Gasteiger partial charge in [0.25, 0.3) is 0 Å². The first kappa shape index (κ1) is 10.4. The summed E-state index contributed by atoms with van der Waals surface area (Å²) in [5, 5.41) is 3.32. The molecule has 0 spiro atoms. The maximum absolute atomic E-state index is 14.6. The Morgan fingerprint density at radius 2 is 1.71 bits per heavy atom. The number of rotatable bonds is 2. The van der Waals surface area contributed by atoms with E-state index in [2.05, 4.69) is 5.32 Å². The number of hydrogen-bond donors (Lipinski definition) is 1. The van der Waals surface area contributed by atoms with Gasteiger partial charge in [-0.2, -0.15) is 0 Å². The molecule has 0 radical (unpaired) electrons. The van der Waals surface area contributed by atoms with Crippen LogP contribution in [0.25, 0.3) is 0 Å². The Bertz CT molecular complexity index is 179. The van der Waals surface area contributed by atoms with Gasteiger partial charge in [-0.15, -0.1) is 0 Å². The van der Waals surface area contributed by atoms with Gasteiger partial charge in [-0.3, -0.25) is 0 Å².